The molecule has 5 nitrogen and oxygen atoms in total. The number of likely N-dealkylation sites (tertiary alicyclic amines) is 1. The van der Waals surface area contributed by atoms with Gasteiger partial charge in [0.25, 0.3) is 5.91 Å². The van der Waals surface area contributed by atoms with Crippen molar-refractivity contribution < 1.29 is 9.32 Å². The molecule has 1 aliphatic rings. The molecule has 1 amide bonds. The van der Waals surface area contributed by atoms with Gasteiger partial charge in [0.05, 0.1) is 11.7 Å². The van der Waals surface area contributed by atoms with Crippen LogP contribution in [0.15, 0.2) is 22.2 Å². The van der Waals surface area contributed by atoms with E-state index in [2.05, 4.69) is 24.0 Å². The fourth-order valence-corrected chi connectivity index (χ4v) is 3.59. The van der Waals surface area contributed by atoms with E-state index in [0.717, 1.165) is 42.9 Å². The molecule has 2 aromatic rings. The molecule has 0 saturated carbocycles. The number of hydrogen-bond donors (Lipinski definition) is 0. The summed E-state index contributed by atoms with van der Waals surface area (Å²) in [6, 6.07) is 1.86. The molecule has 3 heterocycles. The van der Waals surface area contributed by atoms with Gasteiger partial charge in [-0.25, -0.2) is 4.98 Å². The first-order chi connectivity index (χ1) is 10.7. The Morgan fingerprint density at radius 1 is 1.55 bits per heavy atom. The van der Waals surface area contributed by atoms with Crippen molar-refractivity contribution in [2.24, 2.45) is 0 Å². The van der Waals surface area contributed by atoms with Crippen molar-refractivity contribution in [1.29, 1.82) is 0 Å². The number of thiazole rings is 1. The SMILES string of the molecule is CC[C@H](C)c1cc(C(=O)N2CCCC[C@H]2c2nccs2)on1. The van der Waals surface area contributed by atoms with Crippen LogP contribution < -0.4 is 0 Å². The molecule has 22 heavy (non-hydrogen) atoms. The van der Waals surface area contributed by atoms with Crippen molar-refractivity contribution in [3.8, 4) is 0 Å². The maximum atomic E-state index is 12.8. The van der Waals surface area contributed by atoms with Crippen molar-refractivity contribution in [3.05, 3.63) is 34.1 Å². The van der Waals surface area contributed by atoms with E-state index in [1.54, 1.807) is 23.6 Å². The molecule has 1 fully saturated rings. The van der Waals surface area contributed by atoms with Gasteiger partial charge >= 0.3 is 0 Å². The molecule has 2 atom stereocenters. The minimum atomic E-state index is -0.0676. The van der Waals surface area contributed by atoms with Gasteiger partial charge in [0.2, 0.25) is 5.76 Å². The summed E-state index contributed by atoms with van der Waals surface area (Å²) < 4.78 is 5.31. The van der Waals surface area contributed by atoms with Gasteiger partial charge < -0.3 is 9.42 Å². The summed E-state index contributed by atoms with van der Waals surface area (Å²) in [6.07, 6.45) is 5.90. The van der Waals surface area contributed by atoms with Gasteiger partial charge in [-0.2, -0.15) is 0 Å². The first-order valence-corrected chi connectivity index (χ1v) is 8.75. The van der Waals surface area contributed by atoms with E-state index >= 15 is 0 Å². The van der Waals surface area contributed by atoms with Gasteiger partial charge in [-0.3, -0.25) is 4.79 Å². The van der Waals surface area contributed by atoms with Crippen LogP contribution >= 0.6 is 11.3 Å². The predicted octanol–water partition coefficient (Wildman–Crippen LogP) is 4.01. The maximum absolute atomic E-state index is 12.8. The lowest BCUT2D eigenvalue weighted by Gasteiger charge is -2.33. The number of amides is 1. The lowest BCUT2D eigenvalue weighted by Crippen LogP contribution is -2.38. The molecule has 0 radical (unpaired) electrons. The fourth-order valence-electron chi connectivity index (χ4n) is 2.80. The van der Waals surface area contributed by atoms with Crippen LogP contribution in [0, 0.1) is 0 Å². The first-order valence-electron chi connectivity index (χ1n) is 7.87. The van der Waals surface area contributed by atoms with E-state index in [9.17, 15) is 4.79 Å². The summed E-state index contributed by atoms with van der Waals surface area (Å²) in [5.74, 6) is 0.585. The van der Waals surface area contributed by atoms with Crippen molar-refractivity contribution in [2.75, 3.05) is 6.54 Å². The maximum Gasteiger partial charge on any atom is 0.293 e. The highest BCUT2D eigenvalue weighted by Gasteiger charge is 2.32. The molecule has 0 aromatic carbocycles. The molecule has 3 rings (SSSR count). The van der Waals surface area contributed by atoms with Gasteiger partial charge in [-0.05, 0) is 25.7 Å². The standard InChI is InChI=1S/C16H21N3O2S/c1-3-11(2)12-10-14(21-18-12)16(20)19-8-5-4-6-13(19)15-17-7-9-22-15/h7,9-11,13H,3-6,8H2,1-2H3/t11-,13-/m0/s1. The zero-order valence-electron chi connectivity index (χ0n) is 13.0. The third-order valence-corrected chi connectivity index (χ3v) is 5.23. The Kier molecular flexibility index (Phi) is 4.57. The second-order valence-electron chi connectivity index (χ2n) is 5.81. The van der Waals surface area contributed by atoms with Gasteiger partial charge in [0.1, 0.15) is 5.01 Å². The van der Waals surface area contributed by atoms with E-state index in [4.69, 9.17) is 4.52 Å². The van der Waals surface area contributed by atoms with Gasteiger partial charge in [-0.1, -0.05) is 19.0 Å². The van der Waals surface area contributed by atoms with Crippen molar-refractivity contribution in [3.63, 3.8) is 0 Å². The summed E-state index contributed by atoms with van der Waals surface area (Å²) in [5, 5.41) is 7.02. The molecule has 6 heteroatoms. The smallest absolute Gasteiger partial charge is 0.293 e. The van der Waals surface area contributed by atoms with Crippen LogP contribution in [0.1, 0.15) is 72.7 Å². The Bertz CT molecular complexity index is 623. The van der Waals surface area contributed by atoms with E-state index in [0.29, 0.717) is 11.7 Å². The monoisotopic (exact) mass is 319 g/mol. The van der Waals surface area contributed by atoms with E-state index in [-0.39, 0.29) is 11.9 Å². The summed E-state index contributed by atoms with van der Waals surface area (Å²) in [5.41, 5.74) is 0.855. The molecule has 2 aromatic heterocycles. The molecule has 0 aliphatic carbocycles. The summed E-state index contributed by atoms with van der Waals surface area (Å²) in [7, 11) is 0. The van der Waals surface area contributed by atoms with Gasteiger partial charge in [0.15, 0.2) is 0 Å². The molecule has 1 aliphatic heterocycles. The third kappa shape index (κ3) is 2.92. The van der Waals surface area contributed by atoms with Crippen molar-refractivity contribution in [1.82, 2.24) is 15.0 Å². The topological polar surface area (TPSA) is 59.2 Å². The van der Waals surface area contributed by atoms with Gasteiger partial charge in [-0.15, -0.1) is 11.3 Å². The normalized spacial score (nSPS) is 20.1. The Labute approximate surface area is 134 Å². The summed E-state index contributed by atoms with van der Waals surface area (Å²) >= 11 is 1.61. The molecule has 0 bridgehead atoms. The number of carbonyl (C=O) groups is 1. The van der Waals surface area contributed by atoms with Crippen LogP contribution in [-0.4, -0.2) is 27.5 Å². The Morgan fingerprint density at radius 2 is 2.41 bits per heavy atom. The first kappa shape index (κ1) is 15.2. The zero-order chi connectivity index (χ0) is 15.5. The Hall–Kier alpha value is -1.69. The van der Waals surface area contributed by atoms with E-state index in [1.807, 2.05) is 10.3 Å². The van der Waals surface area contributed by atoms with Crippen LogP contribution in [0.25, 0.3) is 0 Å². The molecule has 1 saturated heterocycles. The lowest BCUT2D eigenvalue weighted by molar-refractivity contribution is 0.0569. The molecular weight excluding hydrogens is 298 g/mol. The third-order valence-electron chi connectivity index (χ3n) is 4.36. The zero-order valence-corrected chi connectivity index (χ0v) is 13.8. The number of aromatic nitrogens is 2. The highest BCUT2D eigenvalue weighted by Crippen LogP contribution is 2.33. The predicted molar refractivity (Wildman–Crippen MR) is 85.0 cm³/mol. The lowest BCUT2D eigenvalue weighted by atomic mass is 10.0. The number of rotatable bonds is 4. The minimum absolute atomic E-state index is 0.0676. The van der Waals surface area contributed by atoms with Gasteiger partial charge in [0, 0.05) is 30.1 Å². The summed E-state index contributed by atoms with van der Waals surface area (Å²) in [4.78, 5) is 19.1. The average Bonchev–Trinajstić information content (AvgIpc) is 3.25. The second kappa shape index (κ2) is 6.60. The number of piperidine rings is 1. The Balaban J connectivity index is 1.81. The van der Waals surface area contributed by atoms with Crippen LogP contribution in [0.2, 0.25) is 0 Å². The molecule has 0 spiro atoms. The van der Waals surface area contributed by atoms with E-state index < -0.39 is 0 Å². The second-order valence-corrected chi connectivity index (χ2v) is 6.73. The summed E-state index contributed by atoms with van der Waals surface area (Å²) in [6.45, 7) is 4.94. The van der Waals surface area contributed by atoms with Crippen molar-refractivity contribution in [2.45, 2.75) is 51.5 Å². The number of hydrogen-bond acceptors (Lipinski definition) is 5. The van der Waals surface area contributed by atoms with Crippen LogP contribution in [-0.2, 0) is 0 Å². The van der Waals surface area contributed by atoms with Crippen LogP contribution in [0.3, 0.4) is 0 Å². The van der Waals surface area contributed by atoms with Crippen LogP contribution in [0.4, 0.5) is 0 Å². The quantitative estimate of drug-likeness (QED) is 0.854. The van der Waals surface area contributed by atoms with Crippen molar-refractivity contribution >= 4 is 17.2 Å². The highest BCUT2D eigenvalue weighted by atomic mass is 32.1. The largest absolute Gasteiger partial charge is 0.351 e. The minimum Gasteiger partial charge on any atom is -0.351 e. The fraction of sp³-hybridized carbons (Fsp3) is 0.562. The molecular formula is C16H21N3O2S. The highest BCUT2D eigenvalue weighted by molar-refractivity contribution is 7.09. The number of carbonyl (C=O) groups excluding carboxylic acids is 1. The average molecular weight is 319 g/mol. The molecule has 0 unspecified atom stereocenters. The Morgan fingerprint density at radius 3 is 3.14 bits per heavy atom. The molecule has 0 N–H and O–H groups in total. The van der Waals surface area contributed by atoms with E-state index in [1.165, 1.54) is 0 Å². The van der Waals surface area contributed by atoms with Crippen LogP contribution in [0.5, 0.6) is 0 Å². The molecule has 118 valence electrons. The number of nitrogens with zero attached hydrogens (tertiary/aromatic N) is 3.